The smallest absolute Gasteiger partial charge is 0.245 e. The summed E-state index contributed by atoms with van der Waals surface area (Å²) in [5.41, 5.74) is 2.31. The first-order chi connectivity index (χ1) is 17.0. The third-order valence-electron chi connectivity index (χ3n) is 6.01. The summed E-state index contributed by atoms with van der Waals surface area (Å²) < 4.78 is 1.64. The van der Waals surface area contributed by atoms with Gasteiger partial charge in [-0.3, -0.25) is 9.59 Å². The second-order valence-electron chi connectivity index (χ2n) is 8.70. The summed E-state index contributed by atoms with van der Waals surface area (Å²) >= 11 is 6.46. The molecule has 1 atom stereocenters. The maximum Gasteiger partial charge on any atom is 0.245 e. The number of carbonyl (C=O) groups excluding carboxylic acids is 2. The van der Waals surface area contributed by atoms with Crippen LogP contribution in [0.25, 0.3) is 16.9 Å². The largest absolute Gasteiger partial charge is 0.333 e. The van der Waals surface area contributed by atoms with Gasteiger partial charge >= 0.3 is 0 Å². The molecule has 1 N–H and O–H groups in total. The van der Waals surface area contributed by atoms with Crippen LogP contribution in [0, 0.1) is 5.92 Å². The molecule has 6 nitrogen and oxygen atoms in total. The van der Waals surface area contributed by atoms with Crippen molar-refractivity contribution in [2.75, 3.05) is 18.4 Å². The van der Waals surface area contributed by atoms with Gasteiger partial charge in [-0.2, -0.15) is 5.10 Å². The number of carbonyl (C=O) groups is 2. The number of halogens is 1. The lowest BCUT2D eigenvalue weighted by Gasteiger charge is -2.26. The van der Waals surface area contributed by atoms with Crippen molar-refractivity contribution in [3.63, 3.8) is 0 Å². The van der Waals surface area contributed by atoms with Gasteiger partial charge in [-0.1, -0.05) is 87.7 Å². The predicted octanol–water partition coefficient (Wildman–Crippen LogP) is 6.59. The highest BCUT2D eigenvalue weighted by Gasteiger charge is 2.24. The SMILES string of the molecule is CCCCC(CC)C(=O)N(CCC)CC(=O)Nc1cc(-c2ccccc2)nn1-c1ccccc1Cl. The van der Waals surface area contributed by atoms with Crippen LogP contribution in [0.1, 0.15) is 52.9 Å². The second-order valence-corrected chi connectivity index (χ2v) is 9.11. The summed E-state index contributed by atoms with van der Waals surface area (Å²) in [6.45, 7) is 6.73. The molecule has 0 radical (unpaired) electrons. The normalized spacial score (nSPS) is 11.8. The van der Waals surface area contributed by atoms with Gasteiger partial charge in [-0.15, -0.1) is 0 Å². The van der Waals surface area contributed by atoms with Crippen molar-refractivity contribution >= 4 is 29.2 Å². The van der Waals surface area contributed by atoms with Crippen molar-refractivity contribution in [2.45, 2.75) is 52.9 Å². The van der Waals surface area contributed by atoms with Crippen LogP contribution in [-0.2, 0) is 9.59 Å². The Balaban J connectivity index is 1.86. The average molecular weight is 495 g/mol. The zero-order chi connectivity index (χ0) is 25.2. The van der Waals surface area contributed by atoms with E-state index in [-0.39, 0.29) is 24.3 Å². The highest BCUT2D eigenvalue weighted by atomic mass is 35.5. The van der Waals surface area contributed by atoms with Gasteiger partial charge in [-0.05, 0) is 31.4 Å². The molecule has 0 spiro atoms. The molecular formula is C28H35ClN4O2. The third kappa shape index (κ3) is 6.95. The van der Waals surface area contributed by atoms with Crippen molar-refractivity contribution in [1.82, 2.24) is 14.7 Å². The Morgan fingerprint density at radius 1 is 1.03 bits per heavy atom. The first-order valence-electron chi connectivity index (χ1n) is 12.5. The minimum Gasteiger partial charge on any atom is -0.333 e. The first-order valence-corrected chi connectivity index (χ1v) is 12.8. The van der Waals surface area contributed by atoms with E-state index in [2.05, 4.69) is 12.2 Å². The molecule has 7 heteroatoms. The maximum atomic E-state index is 13.2. The zero-order valence-electron chi connectivity index (χ0n) is 20.8. The minimum atomic E-state index is -0.259. The molecular weight excluding hydrogens is 460 g/mol. The number of unbranched alkanes of at least 4 members (excludes halogenated alkanes) is 1. The lowest BCUT2D eigenvalue weighted by molar-refractivity contribution is -0.138. The highest BCUT2D eigenvalue weighted by Crippen LogP contribution is 2.28. The maximum absolute atomic E-state index is 13.2. The van der Waals surface area contributed by atoms with Crippen LogP contribution in [0.3, 0.4) is 0 Å². The molecule has 3 rings (SSSR count). The van der Waals surface area contributed by atoms with Gasteiger partial charge in [-0.25, -0.2) is 4.68 Å². The predicted molar refractivity (Wildman–Crippen MR) is 143 cm³/mol. The molecule has 1 unspecified atom stereocenters. The lowest BCUT2D eigenvalue weighted by atomic mass is 9.97. The summed E-state index contributed by atoms with van der Waals surface area (Å²) in [5, 5.41) is 8.23. The number of benzene rings is 2. The minimum absolute atomic E-state index is 0.00364. The van der Waals surface area contributed by atoms with E-state index in [0.717, 1.165) is 37.7 Å². The van der Waals surface area contributed by atoms with E-state index in [9.17, 15) is 9.59 Å². The standard InChI is InChI=1S/C28H35ClN4O2/c1-4-7-13-21(6-3)28(35)32(18-5-2)20-27(34)30-26-19-24(22-14-9-8-10-15-22)31-33(26)25-17-12-11-16-23(25)29/h8-12,14-17,19,21H,4-7,13,18,20H2,1-3H3,(H,30,34). The van der Waals surface area contributed by atoms with Crippen LogP contribution in [0.2, 0.25) is 5.02 Å². The monoisotopic (exact) mass is 494 g/mol. The fraction of sp³-hybridized carbons (Fsp3) is 0.393. The van der Waals surface area contributed by atoms with Gasteiger partial charge in [0.05, 0.1) is 22.9 Å². The molecule has 2 aromatic carbocycles. The molecule has 0 fully saturated rings. The summed E-state index contributed by atoms with van der Waals surface area (Å²) in [4.78, 5) is 28.0. The molecule has 0 aliphatic heterocycles. The lowest BCUT2D eigenvalue weighted by Crippen LogP contribution is -2.42. The van der Waals surface area contributed by atoms with Crippen LogP contribution in [-0.4, -0.2) is 39.6 Å². The molecule has 2 amide bonds. The molecule has 35 heavy (non-hydrogen) atoms. The van der Waals surface area contributed by atoms with Crippen molar-refractivity contribution in [1.29, 1.82) is 0 Å². The van der Waals surface area contributed by atoms with E-state index in [0.29, 0.717) is 28.8 Å². The first kappa shape index (κ1) is 26.5. The van der Waals surface area contributed by atoms with E-state index >= 15 is 0 Å². The Morgan fingerprint density at radius 2 is 1.74 bits per heavy atom. The van der Waals surface area contributed by atoms with Crippen molar-refractivity contribution < 1.29 is 9.59 Å². The topological polar surface area (TPSA) is 67.2 Å². The van der Waals surface area contributed by atoms with Crippen molar-refractivity contribution in [2.24, 2.45) is 5.92 Å². The van der Waals surface area contributed by atoms with Crippen molar-refractivity contribution in [3.8, 4) is 16.9 Å². The number of nitrogens with one attached hydrogen (secondary N) is 1. The van der Waals surface area contributed by atoms with Crippen LogP contribution in [0.5, 0.6) is 0 Å². The molecule has 186 valence electrons. The van der Waals surface area contributed by atoms with E-state index in [1.54, 1.807) is 15.6 Å². The van der Waals surface area contributed by atoms with Gasteiger partial charge in [0.2, 0.25) is 11.8 Å². The van der Waals surface area contributed by atoms with E-state index in [4.69, 9.17) is 16.7 Å². The second kappa shape index (κ2) is 13.1. The Hall–Kier alpha value is -3.12. The summed E-state index contributed by atoms with van der Waals surface area (Å²) in [5.74, 6) is 0.254. The quantitative estimate of drug-likeness (QED) is 0.309. The fourth-order valence-electron chi connectivity index (χ4n) is 4.13. The van der Waals surface area contributed by atoms with E-state index < -0.39 is 0 Å². The highest BCUT2D eigenvalue weighted by molar-refractivity contribution is 6.32. The number of aromatic nitrogens is 2. The average Bonchev–Trinajstić information content (AvgIpc) is 3.28. The summed E-state index contributed by atoms with van der Waals surface area (Å²) in [6, 6.07) is 19.0. The fourth-order valence-corrected chi connectivity index (χ4v) is 4.35. The number of amides is 2. The molecule has 0 bridgehead atoms. The van der Waals surface area contributed by atoms with Gasteiger partial charge in [0, 0.05) is 24.1 Å². The number of rotatable bonds is 12. The molecule has 3 aromatic rings. The Kier molecular flexibility index (Phi) is 9.91. The van der Waals surface area contributed by atoms with Gasteiger partial charge in [0.15, 0.2) is 0 Å². The third-order valence-corrected chi connectivity index (χ3v) is 6.33. The zero-order valence-corrected chi connectivity index (χ0v) is 21.6. The van der Waals surface area contributed by atoms with Gasteiger partial charge < -0.3 is 10.2 Å². The molecule has 0 aliphatic carbocycles. The van der Waals surface area contributed by atoms with Gasteiger partial charge in [0.1, 0.15) is 5.82 Å². The number of hydrogen-bond donors (Lipinski definition) is 1. The Labute approximate surface area is 213 Å². The van der Waals surface area contributed by atoms with Crippen molar-refractivity contribution in [3.05, 3.63) is 65.7 Å². The molecule has 0 saturated carbocycles. The molecule has 1 aromatic heterocycles. The number of para-hydroxylation sites is 1. The summed E-state index contributed by atoms with van der Waals surface area (Å²) in [7, 11) is 0. The number of nitrogens with zero attached hydrogens (tertiary/aromatic N) is 3. The van der Waals surface area contributed by atoms with Crippen LogP contribution in [0.4, 0.5) is 5.82 Å². The molecule has 0 aliphatic rings. The Bertz CT molecular complexity index is 1110. The Morgan fingerprint density at radius 3 is 2.40 bits per heavy atom. The van der Waals surface area contributed by atoms with Crippen LogP contribution < -0.4 is 5.32 Å². The van der Waals surface area contributed by atoms with Gasteiger partial charge in [0.25, 0.3) is 0 Å². The van der Waals surface area contributed by atoms with Crippen LogP contribution >= 0.6 is 11.6 Å². The molecule has 0 saturated heterocycles. The summed E-state index contributed by atoms with van der Waals surface area (Å²) in [6.07, 6.45) is 4.48. The number of hydrogen-bond acceptors (Lipinski definition) is 3. The molecule has 1 heterocycles. The number of anilines is 1. The van der Waals surface area contributed by atoms with Crippen LogP contribution in [0.15, 0.2) is 60.7 Å². The van der Waals surface area contributed by atoms with E-state index in [1.165, 1.54) is 0 Å². The van der Waals surface area contributed by atoms with E-state index in [1.807, 2.05) is 68.4 Å².